The lowest BCUT2D eigenvalue weighted by molar-refractivity contribution is 0.0596. The molecular formula is C13H19NO4. The number of esters is 1. The number of aliphatic hydroxyl groups excluding tert-OH is 1. The average molecular weight is 253 g/mol. The Hall–Kier alpha value is -1.75. The molecule has 0 aliphatic rings. The summed E-state index contributed by atoms with van der Waals surface area (Å²) < 4.78 is 10.2. The summed E-state index contributed by atoms with van der Waals surface area (Å²) in [6.45, 7) is 0.684. The lowest BCUT2D eigenvalue weighted by Gasteiger charge is -2.10. The Bertz CT molecular complexity index is 393. The van der Waals surface area contributed by atoms with Gasteiger partial charge in [-0.05, 0) is 37.5 Å². The highest BCUT2D eigenvalue weighted by atomic mass is 16.5. The van der Waals surface area contributed by atoms with Gasteiger partial charge in [0.15, 0.2) is 0 Å². The highest BCUT2D eigenvalue weighted by Crippen LogP contribution is 2.22. The molecule has 0 aliphatic heterocycles. The summed E-state index contributed by atoms with van der Waals surface area (Å²) in [7, 11) is 1.32. The van der Waals surface area contributed by atoms with Crippen LogP contribution in [0.25, 0.3) is 0 Å². The summed E-state index contributed by atoms with van der Waals surface area (Å²) in [4.78, 5) is 11.5. The number of methoxy groups -OCH3 is 1. The maximum atomic E-state index is 11.5. The number of aliphatic hydroxyl groups is 1. The van der Waals surface area contributed by atoms with Gasteiger partial charge in [0.2, 0.25) is 0 Å². The molecule has 0 fully saturated rings. The first kappa shape index (κ1) is 14.3. The molecule has 0 unspecified atom stereocenters. The van der Waals surface area contributed by atoms with Gasteiger partial charge in [-0.1, -0.05) is 0 Å². The Morgan fingerprint density at radius 3 is 2.78 bits per heavy atom. The summed E-state index contributed by atoms with van der Waals surface area (Å²) >= 11 is 0. The van der Waals surface area contributed by atoms with E-state index in [2.05, 4.69) is 4.74 Å². The number of rotatable bonds is 7. The molecule has 0 aromatic heterocycles. The lowest BCUT2D eigenvalue weighted by atomic mass is 10.2. The fraction of sp³-hybridized carbons (Fsp3) is 0.462. The molecule has 5 heteroatoms. The quantitative estimate of drug-likeness (QED) is 0.438. The van der Waals surface area contributed by atoms with Gasteiger partial charge in [0.25, 0.3) is 0 Å². The first-order valence-corrected chi connectivity index (χ1v) is 5.90. The Labute approximate surface area is 107 Å². The normalized spacial score (nSPS) is 10.1. The van der Waals surface area contributed by atoms with Crippen LogP contribution in [-0.2, 0) is 4.74 Å². The highest BCUT2D eigenvalue weighted by Gasteiger charge is 2.13. The largest absolute Gasteiger partial charge is 0.493 e. The van der Waals surface area contributed by atoms with Gasteiger partial charge < -0.3 is 20.3 Å². The van der Waals surface area contributed by atoms with E-state index in [1.807, 2.05) is 0 Å². The van der Waals surface area contributed by atoms with E-state index in [1.165, 1.54) is 13.2 Å². The standard InChI is InChI=1S/C13H19NO4/c1-17-13(16)11-9-10(14)5-6-12(11)18-8-4-2-3-7-15/h5-6,9,15H,2-4,7-8,14H2,1H3. The van der Waals surface area contributed by atoms with E-state index in [0.29, 0.717) is 23.6 Å². The number of carbonyl (C=O) groups excluding carboxylic acids is 1. The van der Waals surface area contributed by atoms with Gasteiger partial charge in [-0.2, -0.15) is 0 Å². The van der Waals surface area contributed by atoms with Crippen molar-refractivity contribution >= 4 is 11.7 Å². The first-order valence-electron chi connectivity index (χ1n) is 5.90. The number of benzene rings is 1. The number of unbranched alkanes of at least 4 members (excludes halogenated alkanes) is 2. The zero-order valence-corrected chi connectivity index (χ0v) is 10.5. The molecule has 5 nitrogen and oxygen atoms in total. The summed E-state index contributed by atoms with van der Waals surface area (Å²) in [5.74, 6) is 0.00714. The van der Waals surface area contributed by atoms with E-state index in [-0.39, 0.29) is 6.61 Å². The molecule has 0 atom stereocenters. The molecule has 100 valence electrons. The molecular weight excluding hydrogens is 234 g/mol. The topological polar surface area (TPSA) is 81.8 Å². The van der Waals surface area contributed by atoms with Crippen molar-refractivity contribution in [1.29, 1.82) is 0 Å². The van der Waals surface area contributed by atoms with Gasteiger partial charge in [-0.25, -0.2) is 4.79 Å². The third-order valence-electron chi connectivity index (χ3n) is 2.47. The zero-order valence-electron chi connectivity index (χ0n) is 10.5. The molecule has 1 aromatic rings. The van der Waals surface area contributed by atoms with Crippen LogP contribution in [0.1, 0.15) is 29.6 Å². The van der Waals surface area contributed by atoms with Crippen LogP contribution in [0.3, 0.4) is 0 Å². The predicted molar refractivity (Wildman–Crippen MR) is 68.6 cm³/mol. The summed E-state index contributed by atoms with van der Waals surface area (Å²) in [5.41, 5.74) is 6.45. The van der Waals surface area contributed by atoms with Gasteiger partial charge in [-0.15, -0.1) is 0 Å². The van der Waals surface area contributed by atoms with E-state index < -0.39 is 5.97 Å². The van der Waals surface area contributed by atoms with Gasteiger partial charge >= 0.3 is 5.97 Å². The van der Waals surface area contributed by atoms with Crippen LogP contribution in [0.4, 0.5) is 5.69 Å². The maximum Gasteiger partial charge on any atom is 0.341 e. The first-order chi connectivity index (χ1) is 8.69. The Balaban J connectivity index is 2.61. The maximum absolute atomic E-state index is 11.5. The number of hydrogen-bond donors (Lipinski definition) is 2. The van der Waals surface area contributed by atoms with Gasteiger partial charge in [0.05, 0.1) is 13.7 Å². The van der Waals surface area contributed by atoms with Gasteiger partial charge in [0.1, 0.15) is 11.3 Å². The van der Waals surface area contributed by atoms with Crippen LogP contribution in [-0.4, -0.2) is 31.4 Å². The van der Waals surface area contributed by atoms with Crippen molar-refractivity contribution in [3.63, 3.8) is 0 Å². The van der Waals surface area contributed by atoms with Crippen molar-refractivity contribution in [2.45, 2.75) is 19.3 Å². The van der Waals surface area contributed by atoms with Crippen molar-refractivity contribution in [3.05, 3.63) is 23.8 Å². The van der Waals surface area contributed by atoms with E-state index in [1.54, 1.807) is 12.1 Å². The van der Waals surface area contributed by atoms with E-state index in [0.717, 1.165) is 19.3 Å². The molecule has 1 rings (SSSR count). The third-order valence-corrected chi connectivity index (χ3v) is 2.47. The summed E-state index contributed by atoms with van der Waals surface area (Å²) in [6.07, 6.45) is 2.47. The monoisotopic (exact) mass is 253 g/mol. The van der Waals surface area contributed by atoms with Crippen molar-refractivity contribution in [3.8, 4) is 5.75 Å². The van der Waals surface area contributed by atoms with E-state index in [9.17, 15) is 4.79 Å². The van der Waals surface area contributed by atoms with Crippen LogP contribution < -0.4 is 10.5 Å². The minimum Gasteiger partial charge on any atom is -0.493 e. The minimum atomic E-state index is -0.465. The van der Waals surface area contributed by atoms with Gasteiger partial charge in [-0.3, -0.25) is 0 Å². The molecule has 0 spiro atoms. The molecule has 18 heavy (non-hydrogen) atoms. The van der Waals surface area contributed by atoms with Crippen molar-refractivity contribution in [1.82, 2.24) is 0 Å². The Morgan fingerprint density at radius 1 is 1.33 bits per heavy atom. The van der Waals surface area contributed by atoms with Crippen LogP contribution in [0.15, 0.2) is 18.2 Å². The van der Waals surface area contributed by atoms with E-state index >= 15 is 0 Å². The number of hydrogen-bond acceptors (Lipinski definition) is 5. The van der Waals surface area contributed by atoms with Crippen LogP contribution >= 0.6 is 0 Å². The van der Waals surface area contributed by atoms with Crippen LogP contribution in [0, 0.1) is 0 Å². The van der Waals surface area contributed by atoms with Crippen LogP contribution in [0.5, 0.6) is 5.75 Å². The second-order valence-electron chi connectivity index (χ2n) is 3.88. The molecule has 0 radical (unpaired) electrons. The second-order valence-corrected chi connectivity index (χ2v) is 3.88. The lowest BCUT2D eigenvalue weighted by Crippen LogP contribution is -2.07. The number of carbonyl (C=O) groups is 1. The fourth-order valence-electron chi connectivity index (χ4n) is 1.52. The molecule has 0 saturated carbocycles. The molecule has 0 heterocycles. The minimum absolute atomic E-state index is 0.190. The summed E-state index contributed by atoms with van der Waals surface area (Å²) in [6, 6.07) is 4.87. The predicted octanol–water partition coefficient (Wildman–Crippen LogP) is 1.60. The number of nitrogen functional groups attached to an aromatic ring is 1. The SMILES string of the molecule is COC(=O)c1cc(N)ccc1OCCCCCO. The van der Waals surface area contributed by atoms with Crippen molar-refractivity contribution in [2.75, 3.05) is 26.1 Å². The fourth-order valence-corrected chi connectivity index (χ4v) is 1.52. The molecule has 3 N–H and O–H groups in total. The second kappa shape index (κ2) is 7.55. The Morgan fingerprint density at radius 2 is 2.11 bits per heavy atom. The molecule has 0 amide bonds. The van der Waals surface area contributed by atoms with E-state index in [4.69, 9.17) is 15.6 Å². The van der Waals surface area contributed by atoms with Crippen molar-refractivity contribution in [2.24, 2.45) is 0 Å². The van der Waals surface area contributed by atoms with Crippen LogP contribution in [0.2, 0.25) is 0 Å². The summed E-state index contributed by atoms with van der Waals surface area (Å²) in [5, 5.41) is 8.65. The molecule has 0 saturated heterocycles. The van der Waals surface area contributed by atoms with Gasteiger partial charge in [0, 0.05) is 12.3 Å². The average Bonchev–Trinajstić information content (AvgIpc) is 2.39. The number of nitrogens with two attached hydrogens (primary N) is 1. The van der Waals surface area contributed by atoms with Crippen molar-refractivity contribution < 1.29 is 19.4 Å². The number of ether oxygens (including phenoxy) is 2. The number of anilines is 1. The molecule has 1 aromatic carbocycles. The zero-order chi connectivity index (χ0) is 13.4. The molecule has 0 aliphatic carbocycles. The highest BCUT2D eigenvalue weighted by molar-refractivity contribution is 5.93. The molecule has 0 bridgehead atoms. The smallest absolute Gasteiger partial charge is 0.341 e. The Kier molecular flexibility index (Phi) is 6.00. The third kappa shape index (κ3) is 4.25.